The lowest BCUT2D eigenvalue weighted by Gasteiger charge is -2.10. The number of anilines is 1. The van der Waals surface area contributed by atoms with Crippen LogP contribution in [-0.4, -0.2) is 35.0 Å². The molecular weight excluding hydrogens is 532 g/mol. The average molecular weight is 559 g/mol. The highest BCUT2D eigenvalue weighted by molar-refractivity contribution is 6.34. The van der Waals surface area contributed by atoms with E-state index in [1.54, 1.807) is 36.4 Å². The summed E-state index contributed by atoms with van der Waals surface area (Å²) in [7, 11) is 1.50. The van der Waals surface area contributed by atoms with Crippen molar-refractivity contribution in [2.75, 3.05) is 12.4 Å². The quantitative estimate of drug-likeness (QED) is 0.195. The van der Waals surface area contributed by atoms with E-state index in [4.69, 9.17) is 26.6 Å². The minimum atomic E-state index is -0.699. The highest BCUT2D eigenvalue weighted by Crippen LogP contribution is 2.33. The van der Waals surface area contributed by atoms with Gasteiger partial charge in [0.25, 0.3) is 5.89 Å². The number of nitrogens with one attached hydrogen (secondary N) is 2. The van der Waals surface area contributed by atoms with Crippen molar-refractivity contribution in [3.8, 4) is 28.6 Å². The van der Waals surface area contributed by atoms with Crippen LogP contribution >= 0.6 is 11.6 Å². The molecule has 10 nitrogen and oxygen atoms in total. The van der Waals surface area contributed by atoms with Gasteiger partial charge in [0.05, 0.1) is 17.7 Å². The maximum atomic E-state index is 12.7. The number of nitrogens with zero attached hydrogens (tertiary/aromatic N) is 3. The maximum Gasteiger partial charge on any atom is 0.347 e. The second-order valence-corrected chi connectivity index (χ2v) is 9.84. The van der Waals surface area contributed by atoms with Crippen molar-refractivity contribution in [3.63, 3.8) is 0 Å². The van der Waals surface area contributed by atoms with Crippen molar-refractivity contribution < 1.29 is 18.8 Å². The molecule has 5 rings (SSSR count). The fraction of sp³-hybridized carbons (Fsp3) is 0.207. The lowest BCUT2D eigenvalue weighted by Crippen LogP contribution is -2.24. The Morgan fingerprint density at radius 3 is 2.62 bits per heavy atom. The molecule has 1 aliphatic carbocycles. The number of ether oxygens (including phenoxy) is 1. The van der Waals surface area contributed by atoms with Gasteiger partial charge in [-0.2, -0.15) is 9.98 Å². The van der Waals surface area contributed by atoms with Gasteiger partial charge in [0.15, 0.2) is 0 Å². The Morgan fingerprint density at radius 1 is 1.12 bits per heavy atom. The Hall–Kier alpha value is -4.70. The van der Waals surface area contributed by atoms with E-state index in [1.165, 1.54) is 7.11 Å². The Morgan fingerprint density at radius 2 is 1.90 bits per heavy atom. The Labute approximate surface area is 235 Å². The van der Waals surface area contributed by atoms with Crippen molar-refractivity contribution in [1.29, 1.82) is 0 Å². The molecule has 1 aliphatic rings. The molecule has 4 aromatic rings. The molecule has 1 saturated carbocycles. The lowest BCUT2D eigenvalue weighted by molar-refractivity contribution is -0.122. The van der Waals surface area contributed by atoms with E-state index >= 15 is 0 Å². The topological polar surface area (TPSA) is 145 Å². The van der Waals surface area contributed by atoms with Crippen LogP contribution in [0, 0.1) is 12.8 Å². The van der Waals surface area contributed by atoms with Crippen LogP contribution in [0.25, 0.3) is 22.8 Å². The molecule has 0 aliphatic heterocycles. The summed E-state index contributed by atoms with van der Waals surface area (Å²) in [4.78, 5) is 33.0. The van der Waals surface area contributed by atoms with Gasteiger partial charge in [0.1, 0.15) is 11.6 Å². The number of aromatic nitrogens is 2. The highest BCUT2D eigenvalue weighted by Gasteiger charge is 2.29. The van der Waals surface area contributed by atoms with Crippen LogP contribution < -0.4 is 21.1 Å². The Bertz CT molecular complexity index is 1590. The van der Waals surface area contributed by atoms with Gasteiger partial charge in [0.2, 0.25) is 11.7 Å². The minimum Gasteiger partial charge on any atom is -0.496 e. The predicted molar refractivity (Wildman–Crippen MR) is 152 cm³/mol. The first-order valence-corrected chi connectivity index (χ1v) is 13.0. The number of carbonyl (C=O) groups excluding carboxylic acids is 2. The first-order valence-electron chi connectivity index (χ1n) is 12.6. The van der Waals surface area contributed by atoms with Gasteiger partial charge in [-0.05, 0) is 49.6 Å². The molecule has 11 heteroatoms. The van der Waals surface area contributed by atoms with Crippen molar-refractivity contribution in [2.24, 2.45) is 16.6 Å². The van der Waals surface area contributed by atoms with Gasteiger partial charge in [-0.1, -0.05) is 52.7 Å². The highest BCUT2D eigenvalue weighted by atomic mass is 35.5. The largest absolute Gasteiger partial charge is 0.496 e. The van der Waals surface area contributed by atoms with Crippen LogP contribution in [0.3, 0.4) is 0 Å². The van der Waals surface area contributed by atoms with Gasteiger partial charge >= 0.3 is 6.03 Å². The second kappa shape index (κ2) is 11.6. The van der Waals surface area contributed by atoms with Gasteiger partial charge in [-0.25, -0.2) is 4.79 Å². The number of amidine groups is 1. The zero-order valence-electron chi connectivity index (χ0n) is 21.9. The molecule has 0 bridgehead atoms. The van der Waals surface area contributed by atoms with Crippen LogP contribution in [0.2, 0.25) is 5.02 Å². The summed E-state index contributed by atoms with van der Waals surface area (Å²) in [6, 6.07) is 17.2. The fourth-order valence-corrected chi connectivity index (χ4v) is 4.19. The third-order valence-corrected chi connectivity index (χ3v) is 6.69. The van der Waals surface area contributed by atoms with Crippen LogP contribution in [-0.2, 0) is 11.3 Å². The van der Waals surface area contributed by atoms with Gasteiger partial charge in [0, 0.05) is 35.3 Å². The van der Waals surface area contributed by atoms with E-state index in [-0.39, 0.29) is 23.6 Å². The number of urea groups is 1. The number of amides is 3. The van der Waals surface area contributed by atoms with Crippen LogP contribution in [0.4, 0.5) is 10.5 Å². The number of rotatable bonds is 8. The van der Waals surface area contributed by atoms with Crippen molar-refractivity contribution in [1.82, 2.24) is 15.5 Å². The first-order chi connectivity index (χ1) is 19.3. The van der Waals surface area contributed by atoms with Crippen LogP contribution in [0.15, 0.2) is 70.2 Å². The third-order valence-electron chi connectivity index (χ3n) is 6.36. The molecular formula is C29H27ClN6O4. The molecule has 40 heavy (non-hydrogen) atoms. The number of nitrogens with two attached hydrogens (primary N) is 1. The molecule has 1 heterocycles. The molecule has 0 unspecified atom stereocenters. The molecule has 0 atom stereocenters. The molecule has 0 radical (unpaired) electrons. The standard InChI is InChI=1S/C29H27ClN6O4/c1-16-3-6-18(7-4-16)26-35-28(40-36-26)21-11-10-20(14-24(21)39-2)33-29(38)34-25(31)22-13-17(5-12-23(22)30)15-32-27(37)19-8-9-19/h3-7,10-14,19H,8-9,15H2,1-2H3,(H,32,37)(H3,31,33,34,38). The van der Waals surface area contributed by atoms with E-state index in [9.17, 15) is 9.59 Å². The summed E-state index contributed by atoms with van der Waals surface area (Å²) in [6.07, 6.45) is 1.85. The van der Waals surface area contributed by atoms with E-state index in [0.29, 0.717) is 40.0 Å². The number of aryl methyl sites for hydroxylation is 1. The molecule has 204 valence electrons. The smallest absolute Gasteiger partial charge is 0.347 e. The fourth-order valence-electron chi connectivity index (χ4n) is 3.98. The maximum absolute atomic E-state index is 12.7. The third kappa shape index (κ3) is 6.29. The van der Waals surface area contributed by atoms with Gasteiger partial charge < -0.3 is 25.6 Å². The molecule has 0 saturated heterocycles. The molecule has 0 spiro atoms. The number of hydrogen-bond donors (Lipinski definition) is 3. The average Bonchev–Trinajstić information content (AvgIpc) is 3.69. The number of hydrogen-bond acceptors (Lipinski definition) is 6. The van der Waals surface area contributed by atoms with E-state index in [2.05, 4.69) is 25.8 Å². The summed E-state index contributed by atoms with van der Waals surface area (Å²) >= 11 is 6.30. The van der Waals surface area contributed by atoms with Crippen molar-refractivity contribution in [3.05, 3.63) is 82.4 Å². The summed E-state index contributed by atoms with van der Waals surface area (Å²) in [5, 5.41) is 9.97. The second-order valence-electron chi connectivity index (χ2n) is 9.44. The summed E-state index contributed by atoms with van der Waals surface area (Å²) < 4.78 is 11.0. The van der Waals surface area contributed by atoms with E-state index in [0.717, 1.165) is 29.5 Å². The molecule has 1 fully saturated rings. The van der Waals surface area contributed by atoms with Crippen molar-refractivity contribution >= 4 is 35.1 Å². The van der Waals surface area contributed by atoms with E-state index in [1.807, 2.05) is 31.2 Å². The lowest BCUT2D eigenvalue weighted by atomic mass is 10.1. The first kappa shape index (κ1) is 26.9. The number of carbonyl (C=O) groups is 2. The Balaban J connectivity index is 1.28. The summed E-state index contributed by atoms with van der Waals surface area (Å²) in [5.74, 6) is 1.22. The summed E-state index contributed by atoms with van der Waals surface area (Å²) in [6.45, 7) is 2.33. The number of methoxy groups -OCH3 is 1. The zero-order chi connectivity index (χ0) is 28.2. The number of aliphatic imine (C=N–C) groups is 1. The Kier molecular flexibility index (Phi) is 7.79. The molecule has 4 N–H and O–H groups in total. The van der Waals surface area contributed by atoms with Gasteiger partial charge in [-0.3, -0.25) is 4.79 Å². The normalized spacial score (nSPS) is 13.1. The van der Waals surface area contributed by atoms with Crippen LogP contribution in [0.1, 0.15) is 29.5 Å². The van der Waals surface area contributed by atoms with Crippen LogP contribution in [0.5, 0.6) is 5.75 Å². The SMILES string of the molecule is COc1cc(NC(=O)/N=C(\N)c2cc(CNC(=O)C3CC3)ccc2Cl)ccc1-c1nc(-c2ccc(C)cc2)no1. The molecule has 3 amide bonds. The van der Waals surface area contributed by atoms with Gasteiger partial charge in [-0.15, -0.1) is 0 Å². The monoisotopic (exact) mass is 558 g/mol. The minimum absolute atomic E-state index is 0.0322. The summed E-state index contributed by atoms with van der Waals surface area (Å²) in [5.41, 5.74) is 10.2. The molecule has 1 aromatic heterocycles. The number of benzene rings is 3. The van der Waals surface area contributed by atoms with E-state index < -0.39 is 6.03 Å². The zero-order valence-corrected chi connectivity index (χ0v) is 22.7. The van der Waals surface area contributed by atoms with Crippen molar-refractivity contribution in [2.45, 2.75) is 26.3 Å². The molecule has 3 aromatic carbocycles. The predicted octanol–water partition coefficient (Wildman–Crippen LogP) is 5.34. The number of halogens is 1.